The summed E-state index contributed by atoms with van der Waals surface area (Å²) in [4.78, 5) is 27.8. The van der Waals surface area contributed by atoms with E-state index >= 15 is 0 Å². The summed E-state index contributed by atoms with van der Waals surface area (Å²) in [6.45, 7) is 0. The normalized spacial score (nSPS) is 24.5. The number of carbonyl (C=O) groups is 2. The highest BCUT2D eigenvalue weighted by atomic mass is 79.9. The number of hydrogen-bond acceptors (Lipinski definition) is 2. The van der Waals surface area contributed by atoms with Gasteiger partial charge in [0.1, 0.15) is 17.3 Å². The molecule has 0 unspecified atom stereocenters. The van der Waals surface area contributed by atoms with Crippen molar-refractivity contribution in [1.82, 2.24) is 0 Å². The number of hydrogen-bond donors (Lipinski definition) is 0. The molecule has 3 nitrogen and oxygen atoms in total. The van der Waals surface area contributed by atoms with Crippen molar-refractivity contribution in [3.63, 3.8) is 0 Å². The van der Waals surface area contributed by atoms with Crippen LogP contribution in [-0.4, -0.2) is 11.8 Å². The van der Waals surface area contributed by atoms with Crippen LogP contribution >= 0.6 is 31.9 Å². The molecule has 1 heterocycles. The lowest BCUT2D eigenvalue weighted by Crippen LogP contribution is -2.34. The standard InChI is InChI=1S/C28H17Br2F2NO2/c29-16-8-4-14(5-9-16)22(15-6-10-17(30)11-7-15)23-18-12-13-19(23)25-24(18)27(34)33(28(25)35)26-20(31)2-1-3-21(26)32/h1-13,18-19,24-25H/t18-,19-,24-,25+/m0/s1. The number of halogens is 4. The molecule has 2 aliphatic carbocycles. The van der Waals surface area contributed by atoms with Crippen molar-refractivity contribution >= 4 is 54.9 Å². The molecule has 7 heteroatoms. The Morgan fingerprint density at radius 2 is 1.11 bits per heavy atom. The molecule has 3 aromatic rings. The molecule has 3 aliphatic rings. The molecule has 1 aliphatic heterocycles. The van der Waals surface area contributed by atoms with Gasteiger partial charge in [-0.15, -0.1) is 0 Å². The highest BCUT2D eigenvalue weighted by Gasteiger charge is 2.63. The van der Waals surface area contributed by atoms with Gasteiger partial charge in [-0.2, -0.15) is 0 Å². The first-order chi connectivity index (χ1) is 16.9. The van der Waals surface area contributed by atoms with Crippen LogP contribution in [0.4, 0.5) is 14.5 Å². The second kappa shape index (κ2) is 8.35. The van der Waals surface area contributed by atoms with Gasteiger partial charge in [-0.25, -0.2) is 13.7 Å². The Hall–Kier alpha value is -2.90. The van der Waals surface area contributed by atoms with Gasteiger partial charge in [-0.05, 0) is 58.7 Å². The zero-order valence-corrected chi connectivity index (χ0v) is 21.3. The first-order valence-corrected chi connectivity index (χ1v) is 12.7. The molecule has 3 aromatic carbocycles. The molecule has 1 saturated heterocycles. The van der Waals surface area contributed by atoms with E-state index in [1.54, 1.807) is 0 Å². The summed E-state index contributed by atoms with van der Waals surface area (Å²) in [7, 11) is 0. The number of fused-ring (bicyclic) bond motifs is 5. The highest BCUT2D eigenvalue weighted by molar-refractivity contribution is 9.10. The van der Waals surface area contributed by atoms with Gasteiger partial charge in [0.15, 0.2) is 0 Å². The number of amides is 2. The fourth-order valence-electron chi connectivity index (χ4n) is 5.75. The van der Waals surface area contributed by atoms with E-state index in [0.29, 0.717) is 0 Å². The van der Waals surface area contributed by atoms with Gasteiger partial charge in [0.2, 0.25) is 11.8 Å². The average molecular weight is 597 g/mol. The molecule has 2 bridgehead atoms. The summed E-state index contributed by atoms with van der Waals surface area (Å²) in [5.74, 6) is -4.98. The van der Waals surface area contributed by atoms with Crippen LogP contribution in [-0.2, 0) is 9.59 Å². The SMILES string of the molecule is O=C1[C@@H]2[C@H](C(=O)N1c1c(F)cccc1F)[C@H]1C=C[C@H]2C1=C(c1ccc(Br)cc1)c1ccc(Br)cc1. The lowest BCUT2D eigenvalue weighted by Gasteiger charge is -2.22. The molecule has 2 fully saturated rings. The quantitative estimate of drug-likeness (QED) is 0.243. The van der Waals surface area contributed by atoms with Crippen LogP contribution in [0.3, 0.4) is 0 Å². The van der Waals surface area contributed by atoms with E-state index in [2.05, 4.69) is 31.9 Å². The third-order valence-electron chi connectivity index (χ3n) is 7.13. The number of benzene rings is 3. The van der Waals surface area contributed by atoms with Gasteiger partial charge in [0, 0.05) is 20.8 Å². The molecule has 0 aromatic heterocycles. The van der Waals surface area contributed by atoms with Crippen molar-refractivity contribution in [2.45, 2.75) is 0 Å². The van der Waals surface area contributed by atoms with Gasteiger partial charge in [-0.1, -0.05) is 74.3 Å². The van der Waals surface area contributed by atoms with Gasteiger partial charge in [0.05, 0.1) is 11.8 Å². The number of imide groups is 1. The largest absolute Gasteiger partial charge is 0.274 e. The predicted octanol–water partition coefficient (Wildman–Crippen LogP) is 6.91. The fraction of sp³-hybridized carbons (Fsp3) is 0.143. The third kappa shape index (κ3) is 3.39. The van der Waals surface area contributed by atoms with Gasteiger partial charge in [0.25, 0.3) is 0 Å². The summed E-state index contributed by atoms with van der Waals surface area (Å²) in [5.41, 5.74) is 3.34. The molecule has 1 saturated carbocycles. The smallest absolute Gasteiger partial charge is 0.238 e. The Morgan fingerprint density at radius 1 is 0.686 bits per heavy atom. The Balaban J connectivity index is 1.50. The molecule has 4 atom stereocenters. The van der Waals surface area contributed by atoms with E-state index in [1.165, 1.54) is 6.07 Å². The molecular weight excluding hydrogens is 580 g/mol. The number of rotatable bonds is 3. The molecule has 35 heavy (non-hydrogen) atoms. The minimum atomic E-state index is -0.923. The van der Waals surface area contributed by atoms with E-state index in [1.807, 2.05) is 60.7 Å². The lowest BCUT2D eigenvalue weighted by atomic mass is 9.85. The minimum absolute atomic E-state index is 0.330. The Labute approximate surface area is 217 Å². The molecule has 0 spiro atoms. The first-order valence-electron chi connectivity index (χ1n) is 11.1. The van der Waals surface area contributed by atoms with Crippen molar-refractivity contribution < 1.29 is 18.4 Å². The summed E-state index contributed by atoms with van der Waals surface area (Å²) in [6.07, 6.45) is 3.93. The van der Waals surface area contributed by atoms with Crippen LogP contribution in [0.1, 0.15) is 11.1 Å². The van der Waals surface area contributed by atoms with Crippen LogP contribution in [0, 0.1) is 35.3 Å². The third-order valence-corrected chi connectivity index (χ3v) is 8.19. The second-order valence-electron chi connectivity index (χ2n) is 8.91. The van der Waals surface area contributed by atoms with E-state index < -0.39 is 41.0 Å². The fourth-order valence-corrected chi connectivity index (χ4v) is 6.28. The highest BCUT2D eigenvalue weighted by Crippen LogP contribution is 2.59. The molecule has 0 N–H and O–H groups in total. The van der Waals surface area contributed by atoms with E-state index in [9.17, 15) is 18.4 Å². The van der Waals surface area contributed by atoms with Crippen LogP contribution in [0.2, 0.25) is 0 Å². The van der Waals surface area contributed by atoms with E-state index in [4.69, 9.17) is 0 Å². The zero-order valence-electron chi connectivity index (χ0n) is 18.1. The number of allylic oxidation sites excluding steroid dienone is 3. The molecule has 2 amide bonds. The van der Waals surface area contributed by atoms with Gasteiger partial charge in [-0.3, -0.25) is 9.59 Å². The van der Waals surface area contributed by atoms with Crippen molar-refractivity contribution in [2.75, 3.05) is 4.90 Å². The molecule has 0 radical (unpaired) electrons. The maximum atomic E-state index is 14.5. The maximum Gasteiger partial charge on any atom is 0.238 e. The average Bonchev–Trinajstić information content (AvgIpc) is 3.47. The van der Waals surface area contributed by atoms with Crippen molar-refractivity contribution in [1.29, 1.82) is 0 Å². The molecular formula is C28H17Br2F2NO2. The summed E-state index contributed by atoms with van der Waals surface area (Å²) in [5, 5.41) is 0. The minimum Gasteiger partial charge on any atom is -0.274 e. The molecule has 6 rings (SSSR count). The van der Waals surface area contributed by atoms with Crippen molar-refractivity contribution in [3.8, 4) is 0 Å². The van der Waals surface area contributed by atoms with Gasteiger partial charge < -0.3 is 0 Å². The Kier molecular flexibility index (Phi) is 5.38. The van der Waals surface area contributed by atoms with Crippen LogP contribution in [0.15, 0.2) is 93.4 Å². The number of para-hydroxylation sites is 1. The summed E-state index contributed by atoms with van der Waals surface area (Å²) >= 11 is 6.97. The van der Waals surface area contributed by atoms with E-state index in [-0.39, 0.29) is 11.8 Å². The number of anilines is 1. The van der Waals surface area contributed by atoms with Crippen LogP contribution < -0.4 is 4.90 Å². The van der Waals surface area contributed by atoms with Crippen molar-refractivity contribution in [2.24, 2.45) is 23.7 Å². The number of carbonyl (C=O) groups excluding carboxylic acids is 2. The summed E-state index contributed by atoms with van der Waals surface area (Å²) < 4.78 is 30.9. The monoisotopic (exact) mass is 595 g/mol. The summed E-state index contributed by atoms with van der Waals surface area (Å²) in [6, 6.07) is 19.2. The van der Waals surface area contributed by atoms with Crippen LogP contribution in [0.25, 0.3) is 5.57 Å². The van der Waals surface area contributed by atoms with Crippen LogP contribution in [0.5, 0.6) is 0 Å². The zero-order chi connectivity index (χ0) is 24.4. The lowest BCUT2D eigenvalue weighted by molar-refractivity contribution is -0.123. The Morgan fingerprint density at radius 3 is 1.54 bits per heavy atom. The maximum absolute atomic E-state index is 14.5. The first kappa shape index (κ1) is 22.6. The molecule has 174 valence electrons. The number of nitrogens with zero attached hydrogens (tertiary/aromatic N) is 1. The van der Waals surface area contributed by atoms with Crippen molar-refractivity contribution in [3.05, 3.63) is 116 Å². The second-order valence-corrected chi connectivity index (χ2v) is 10.7. The Bertz CT molecular complexity index is 1350. The predicted molar refractivity (Wildman–Crippen MR) is 136 cm³/mol. The van der Waals surface area contributed by atoms with E-state index in [0.717, 1.165) is 48.3 Å². The van der Waals surface area contributed by atoms with Gasteiger partial charge >= 0.3 is 0 Å². The topological polar surface area (TPSA) is 37.4 Å².